The first kappa shape index (κ1) is 19.1. The highest BCUT2D eigenvalue weighted by Crippen LogP contribution is 2.27. The van der Waals surface area contributed by atoms with Gasteiger partial charge in [-0.3, -0.25) is 4.79 Å². The molecule has 0 unspecified atom stereocenters. The first-order valence-corrected chi connectivity index (χ1v) is 8.87. The molecule has 2 rings (SSSR count). The van der Waals surface area contributed by atoms with E-state index in [1.54, 1.807) is 18.1 Å². The van der Waals surface area contributed by atoms with Crippen LogP contribution in [0.1, 0.15) is 13.8 Å². The van der Waals surface area contributed by atoms with E-state index in [-0.39, 0.29) is 23.5 Å². The van der Waals surface area contributed by atoms with Crippen molar-refractivity contribution in [1.82, 2.24) is 0 Å². The number of carbonyl (C=O) groups is 1. The SMILES string of the molecule is COc1cccc(SCC(=O)N(c2ccc(OC)c(F)c2)C(C)C)c1. The minimum absolute atomic E-state index is 0.0904. The van der Waals surface area contributed by atoms with Crippen LogP contribution in [0.3, 0.4) is 0 Å². The van der Waals surface area contributed by atoms with Crippen molar-refractivity contribution in [3.63, 3.8) is 0 Å². The monoisotopic (exact) mass is 363 g/mol. The Bertz CT molecular complexity index is 736. The predicted molar refractivity (Wildman–Crippen MR) is 99.3 cm³/mol. The van der Waals surface area contributed by atoms with Gasteiger partial charge in [0.25, 0.3) is 0 Å². The van der Waals surface area contributed by atoms with E-state index < -0.39 is 5.82 Å². The van der Waals surface area contributed by atoms with Gasteiger partial charge < -0.3 is 14.4 Å². The van der Waals surface area contributed by atoms with Crippen molar-refractivity contribution in [3.05, 3.63) is 48.3 Å². The Hall–Kier alpha value is -2.21. The largest absolute Gasteiger partial charge is 0.497 e. The number of amides is 1. The molecule has 6 heteroatoms. The van der Waals surface area contributed by atoms with Crippen LogP contribution >= 0.6 is 11.8 Å². The number of thioether (sulfide) groups is 1. The number of hydrogen-bond acceptors (Lipinski definition) is 4. The van der Waals surface area contributed by atoms with E-state index in [0.717, 1.165) is 10.6 Å². The van der Waals surface area contributed by atoms with Gasteiger partial charge in [0.15, 0.2) is 11.6 Å². The second-order valence-corrected chi connectivity index (χ2v) is 6.69. The number of ether oxygens (including phenoxy) is 2. The van der Waals surface area contributed by atoms with Crippen LogP contribution in [0, 0.1) is 5.82 Å². The molecule has 2 aromatic rings. The summed E-state index contributed by atoms with van der Waals surface area (Å²) in [5, 5.41) is 0. The van der Waals surface area contributed by atoms with Crippen LogP contribution in [0.4, 0.5) is 10.1 Å². The molecule has 0 saturated heterocycles. The maximum atomic E-state index is 14.0. The molecular formula is C19H22FNO3S. The highest BCUT2D eigenvalue weighted by Gasteiger charge is 2.20. The normalized spacial score (nSPS) is 10.6. The van der Waals surface area contributed by atoms with Crippen LogP contribution in [0.15, 0.2) is 47.4 Å². The molecule has 0 fully saturated rings. The van der Waals surface area contributed by atoms with E-state index in [1.165, 1.54) is 31.0 Å². The standard InChI is InChI=1S/C19H22FNO3S/c1-13(2)21(14-8-9-18(24-4)17(20)10-14)19(22)12-25-16-7-5-6-15(11-16)23-3/h5-11,13H,12H2,1-4H3. The molecule has 0 spiro atoms. The van der Waals surface area contributed by atoms with Crippen molar-refractivity contribution in [1.29, 1.82) is 0 Å². The summed E-state index contributed by atoms with van der Waals surface area (Å²) in [6, 6.07) is 12.0. The van der Waals surface area contributed by atoms with E-state index in [9.17, 15) is 9.18 Å². The van der Waals surface area contributed by atoms with Crippen molar-refractivity contribution in [2.24, 2.45) is 0 Å². The third-order valence-electron chi connectivity index (χ3n) is 3.60. The number of carbonyl (C=O) groups excluding carboxylic acids is 1. The van der Waals surface area contributed by atoms with Gasteiger partial charge in [-0.05, 0) is 44.2 Å². The minimum Gasteiger partial charge on any atom is -0.497 e. The Morgan fingerprint density at radius 3 is 2.52 bits per heavy atom. The van der Waals surface area contributed by atoms with Gasteiger partial charge in [0, 0.05) is 22.7 Å². The maximum Gasteiger partial charge on any atom is 0.237 e. The molecule has 0 atom stereocenters. The first-order valence-electron chi connectivity index (χ1n) is 7.88. The van der Waals surface area contributed by atoms with Crippen molar-refractivity contribution in [2.45, 2.75) is 24.8 Å². The van der Waals surface area contributed by atoms with Gasteiger partial charge in [0.1, 0.15) is 5.75 Å². The Balaban J connectivity index is 2.13. The molecule has 2 aromatic carbocycles. The fourth-order valence-electron chi connectivity index (χ4n) is 2.44. The van der Waals surface area contributed by atoms with Gasteiger partial charge in [-0.2, -0.15) is 0 Å². The summed E-state index contributed by atoms with van der Waals surface area (Å²) in [4.78, 5) is 15.2. The molecule has 0 radical (unpaired) electrons. The molecule has 0 bridgehead atoms. The smallest absolute Gasteiger partial charge is 0.237 e. The number of hydrogen-bond donors (Lipinski definition) is 0. The number of methoxy groups -OCH3 is 2. The van der Waals surface area contributed by atoms with Crippen LogP contribution in [-0.4, -0.2) is 31.9 Å². The molecule has 1 amide bonds. The average Bonchev–Trinajstić information content (AvgIpc) is 2.60. The fourth-order valence-corrected chi connectivity index (χ4v) is 3.24. The minimum atomic E-state index is -0.487. The zero-order chi connectivity index (χ0) is 18.4. The molecule has 0 aliphatic heterocycles. The topological polar surface area (TPSA) is 38.8 Å². The van der Waals surface area contributed by atoms with Gasteiger partial charge in [-0.1, -0.05) is 6.07 Å². The second-order valence-electron chi connectivity index (χ2n) is 5.64. The van der Waals surface area contributed by atoms with Crippen molar-refractivity contribution in [2.75, 3.05) is 24.9 Å². The summed E-state index contributed by atoms with van der Waals surface area (Å²) >= 11 is 1.42. The number of halogens is 1. The lowest BCUT2D eigenvalue weighted by atomic mass is 10.2. The Labute approximate surface area is 151 Å². The number of nitrogens with zero attached hydrogens (tertiary/aromatic N) is 1. The van der Waals surface area contributed by atoms with Gasteiger partial charge in [0.2, 0.25) is 5.91 Å². The van der Waals surface area contributed by atoms with Crippen LogP contribution < -0.4 is 14.4 Å². The Kier molecular flexibility index (Phi) is 6.70. The predicted octanol–water partition coefficient (Wildman–Crippen LogP) is 4.38. The number of anilines is 1. The quantitative estimate of drug-likeness (QED) is 0.685. The van der Waals surface area contributed by atoms with Gasteiger partial charge in [0.05, 0.1) is 20.0 Å². The van der Waals surface area contributed by atoms with Crippen molar-refractivity contribution < 1.29 is 18.7 Å². The fraction of sp³-hybridized carbons (Fsp3) is 0.316. The average molecular weight is 363 g/mol. The zero-order valence-electron chi connectivity index (χ0n) is 14.8. The summed E-state index contributed by atoms with van der Waals surface area (Å²) in [6.07, 6.45) is 0. The Morgan fingerprint density at radius 1 is 1.16 bits per heavy atom. The molecule has 0 heterocycles. The molecule has 4 nitrogen and oxygen atoms in total. The lowest BCUT2D eigenvalue weighted by Gasteiger charge is -2.27. The molecule has 0 saturated carbocycles. The summed E-state index contributed by atoms with van der Waals surface area (Å²) in [6.45, 7) is 3.80. The van der Waals surface area contributed by atoms with Gasteiger partial charge in [-0.25, -0.2) is 4.39 Å². The van der Waals surface area contributed by atoms with Crippen LogP contribution in [-0.2, 0) is 4.79 Å². The summed E-state index contributed by atoms with van der Waals surface area (Å²) in [5.41, 5.74) is 0.518. The number of rotatable bonds is 7. The third-order valence-corrected chi connectivity index (χ3v) is 4.58. The van der Waals surface area contributed by atoms with E-state index in [0.29, 0.717) is 5.69 Å². The van der Waals surface area contributed by atoms with Crippen LogP contribution in [0.25, 0.3) is 0 Å². The van der Waals surface area contributed by atoms with Crippen molar-refractivity contribution >= 4 is 23.4 Å². The molecule has 0 aliphatic rings. The molecule has 134 valence electrons. The molecule has 0 aromatic heterocycles. The summed E-state index contributed by atoms with van der Waals surface area (Å²) < 4.78 is 24.1. The lowest BCUT2D eigenvalue weighted by molar-refractivity contribution is -0.116. The van der Waals surface area contributed by atoms with Crippen LogP contribution in [0.2, 0.25) is 0 Å². The van der Waals surface area contributed by atoms with Crippen LogP contribution in [0.5, 0.6) is 11.5 Å². The summed E-state index contributed by atoms with van der Waals surface area (Å²) in [5.74, 6) is 0.575. The molecule has 0 N–H and O–H groups in total. The highest BCUT2D eigenvalue weighted by atomic mass is 32.2. The second kappa shape index (κ2) is 8.76. The summed E-state index contributed by atoms with van der Waals surface area (Å²) in [7, 11) is 3.02. The van der Waals surface area contributed by atoms with E-state index in [2.05, 4.69) is 0 Å². The Morgan fingerprint density at radius 2 is 1.92 bits per heavy atom. The number of benzene rings is 2. The first-order chi connectivity index (χ1) is 12.0. The van der Waals surface area contributed by atoms with E-state index in [1.807, 2.05) is 38.1 Å². The van der Waals surface area contributed by atoms with Gasteiger partial charge in [-0.15, -0.1) is 11.8 Å². The van der Waals surface area contributed by atoms with E-state index in [4.69, 9.17) is 9.47 Å². The van der Waals surface area contributed by atoms with Crippen molar-refractivity contribution in [3.8, 4) is 11.5 Å². The van der Waals surface area contributed by atoms with E-state index >= 15 is 0 Å². The maximum absolute atomic E-state index is 14.0. The van der Waals surface area contributed by atoms with Gasteiger partial charge >= 0.3 is 0 Å². The highest BCUT2D eigenvalue weighted by molar-refractivity contribution is 8.00. The molecular weight excluding hydrogens is 341 g/mol. The lowest BCUT2D eigenvalue weighted by Crippen LogP contribution is -2.38. The zero-order valence-corrected chi connectivity index (χ0v) is 15.6. The molecule has 25 heavy (non-hydrogen) atoms. The molecule has 0 aliphatic carbocycles. The third kappa shape index (κ3) is 4.89.